The van der Waals surface area contributed by atoms with Crippen LogP contribution in [-0.2, 0) is 16.6 Å². The maximum absolute atomic E-state index is 11.7. The molecule has 4 N–H and O–H groups in total. The molecule has 0 radical (unpaired) electrons. The predicted octanol–water partition coefficient (Wildman–Crippen LogP) is 1.23. The Morgan fingerprint density at radius 3 is 2.67 bits per heavy atom. The van der Waals surface area contributed by atoms with Crippen LogP contribution in [0.3, 0.4) is 0 Å². The molecule has 6 heteroatoms. The molecule has 18 heavy (non-hydrogen) atoms. The largest absolute Gasteiger partial charge is 0.330 e. The standard InChI is InChI=1S/C12H21N3O2S/c1-10(2)14-18(16,17)15-12-7-3-5-11(9-12)6-4-8-13/h3,5,7,9-10,14-15H,4,6,8,13H2,1-2H3. The topological polar surface area (TPSA) is 84.2 Å². The summed E-state index contributed by atoms with van der Waals surface area (Å²) in [5.41, 5.74) is 7.09. The maximum atomic E-state index is 11.7. The van der Waals surface area contributed by atoms with E-state index < -0.39 is 10.2 Å². The van der Waals surface area contributed by atoms with Crippen LogP contribution in [0.4, 0.5) is 5.69 Å². The lowest BCUT2D eigenvalue weighted by Gasteiger charge is -2.12. The summed E-state index contributed by atoms with van der Waals surface area (Å²) < 4.78 is 28.4. The Kier molecular flexibility index (Phi) is 5.58. The molecule has 0 saturated carbocycles. The van der Waals surface area contributed by atoms with Gasteiger partial charge in [-0.1, -0.05) is 12.1 Å². The van der Waals surface area contributed by atoms with Crippen LogP contribution in [0.1, 0.15) is 25.8 Å². The van der Waals surface area contributed by atoms with Crippen LogP contribution in [0.2, 0.25) is 0 Å². The van der Waals surface area contributed by atoms with Crippen molar-refractivity contribution in [2.24, 2.45) is 5.73 Å². The zero-order chi connectivity index (χ0) is 13.6. The molecule has 0 heterocycles. The van der Waals surface area contributed by atoms with E-state index in [1.54, 1.807) is 19.9 Å². The van der Waals surface area contributed by atoms with Gasteiger partial charge in [0.25, 0.3) is 10.2 Å². The number of hydrogen-bond donors (Lipinski definition) is 3. The van der Waals surface area contributed by atoms with Gasteiger partial charge in [0.05, 0.1) is 5.69 Å². The first-order chi connectivity index (χ1) is 8.43. The van der Waals surface area contributed by atoms with Crippen LogP contribution < -0.4 is 15.2 Å². The Bertz CT molecular complexity index is 472. The highest BCUT2D eigenvalue weighted by atomic mass is 32.2. The molecule has 0 amide bonds. The Hall–Kier alpha value is -1.11. The van der Waals surface area contributed by atoms with Gasteiger partial charge in [-0.2, -0.15) is 13.1 Å². The molecule has 0 aliphatic rings. The van der Waals surface area contributed by atoms with E-state index >= 15 is 0 Å². The van der Waals surface area contributed by atoms with Gasteiger partial charge in [-0.3, -0.25) is 4.72 Å². The molecule has 0 atom stereocenters. The number of rotatable bonds is 7. The van der Waals surface area contributed by atoms with Crippen LogP contribution >= 0.6 is 0 Å². The molecule has 0 saturated heterocycles. The first-order valence-corrected chi connectivity index (χ1v) is 7.50. The fourth-order valence-electron chi connectivity index (χ4n) is 1.59. The third kappa shape index (κ3) is 5.48. The molecule has 102 valence electrons. The van der Waals surface area contributed by atoms with E-state index in [9.17, 15) is 8.42 Å². The Morgan fingerprint density at radius 1 is 1.33 bits per heavy atom. The van der Waals surface area contributed by atoms with Crippen LogP contribution in [-0.4, -0.2) is 21.0 Å². The van der Waals surface area contributed by atoms with Crippen molar-refractivity contribution in [1.82, 2.24) is 4.72 Å². The van der Waals surface area contributed by atoms with Crippen molar-refractivity contribution >= 4 is 15.9 Å². The van der Waals surface area contributed by atoms with Gasteiger partial charge >= 0.3 is 0 Å². The molecule has 0 spiro atoms. The predicted molar refractivity (Wildman–Crippen MR) is 74.6 cm³/mol. The molecule has 5 nitrogen and oxygen atoms in total. The number of hydrogen-bond acceptors (Lipinski definition) is 3. The van der Waals surface area contributed by atoms with Crippen molar-refractivity contribution in [3.8, 4) is 0 Å². The molecule has 0 unspecified atom stereocenters. The van der Waals surface area contributed by atoms with Crippen LogP contribution in [0, 0.1) is 0 Å². The van der Waals surface area contributed by atoms with Crippen molar-refractivity contribution in [2.45, 2.75) is 32.7 Å². The summed E-state index contributed by atoms with van der Waals surface area (Å²) in [7, 11) is -3.50. The molecule has 0 aromatic heterocycles. The molecule has 0 aliphatic heterocycles. The molecule has 0 fully saturated rings. The second-order valence-corrected chi connectivity index (χ2v) is 5.92. The average molecular weight is 271 g/mol. The summed E-state index contributed by atoms with van der Waals surface area (Å²) in [6.45, 7) is 4.18. The fourth-order valence-corrected chi connectivity index (χ4v) is 2.71. The zero-order valence-electron chi connectivity index (χ0n) is 10.8. The summed E-state index contributed by atoms with van der Waals surface area (Å²) in [6.07, 6.45) is 1.74. The van der Waals surface area contributed by atoms with Gasteiger partial charge < -0.3 is 5.73 Å². The van der Waals surface area contributed by atoms with Gasteiger partial charge in [0.15, 0.2) is 0 Å². The SMILES string of the molecule is CC(C)NS(=O)(=O)Nc1cccc(CCCN)c1. The van der Waals surface area contributed by atoms with E-state index in [4.69, 9.17) is 5.73 Å². The molecule has 1 aromatic carbocycles. The van der Waals surface area contributed by atoms with E-state index in [1.165, 1.54) is 0 Å². The summed E-state index contributed by atoms with van der Waals surface area (Å²) in [5, 5.41) is 0. The lowest BCUT2D eigenvalue weighted by molar-refractivity contribution is 0.575. The summed E-state index contributed by atoms with van der Waals surface area (Å²) in [4.78, 5) is 0. The van der Waals surface area contributed by atoms with Gasteiger partial charge in [-0.05, 0) is 50.9 Å². The van der Waals surface area contributed by atoms with Crippen LogP contribution in [0.5, 0.6) is 0 Å². The fraction of sp³-hybridized carbons (Fsp3) is 0.500. The van der Waals surface area contributed by atoms with Gasteiger partial charge in [-0.25, -0.2) is 0 Å². The average Bonchev–Trinajstić information content (AvgIpc) is 2.24. The minimum absolute atomic E-state index is 0.136. The van der Waals surface area contributed by atoms with Crippen LogP contribution in [0.15, 0.2) is 24.3 Å². The third-order valence-corrected chi connectivity index (χ3v) is 3.53. The lowest BCUT2D eigenvalue weighted by atomic mass is 10.1. The second-order valence-electron chi connectivity index (χ2n) is 4.47. The van der Waals surface area contributed by atoms with Crippen molar-refractivity contribution in [2.75, 3.05) is 11.3 Å². The minimum Gasteiger partial charge on any atom is -0.330 e. The van der Waals surface area contributed by atoms with E-state index in [1.807, 2.05) is 18.2 Å². The summed E-state index contributed by atoms with van der Waals surface area (Å²) >= 11 is 0. The molecule has 0 bridgehead atoms. The summed E-state index contributed by atoms with van der Waals surface area (Å²) in [6, 6.07) is 7.21. The highest BCUT2D eigenvalue weighted by Gasteiger charge is 2.11. The number of nitrogens with one attached hydrogen (secondary N) is 2. The number of anilines is 1. The van der Waals surface area contributed by atoms with Crippen molar-refractivity contribution in [1.29, 1.82) is 0 Å². The number of nitrogens with two attached hydrogens (primary N) is 1. The van der Waals surface area contributed by atoms with Crippen molar-refractivity contribution < 1.29 is 8.42 Å². The smallest absolute Gasteiger partial charge is 0.299 e. The normalized spacial score (nSPS) is 11.8. The van der Waals surface area contributed by atoms with Gasteiger partial charge in [0.1, 0.15) is 0 Å². The first-order valence-electron chi connectivity index (χ1n) is 6.02. The van der Waals surface area contributed by atoms with E-state index in [0.717, 1.165) is 18.4 Å². The maximum Gasteiger partial charge on any atom is 0.299 e. The highest BCUT2D eigenvalue weighted by molar-refractivity contribution is 7.90. The van der Waals surface area contributed by atoms with Gasteiger partial charge in [0.2, 0.25) is 0 Å². The quantitative estimate of drug-likeness (QED) is 0.697. The monoisotopic (exact) mass is 271 g/mol. The van der Waals surface area contributed by atoms with E-state index in [2.05, 4.69) is 9.44 Å². The highest BCUT2D eigenvalue weighted by Crippen LogP contribution is 2.13. The first kappa shape index (κ1) is 14.9. The third-order valence-electron chi connectivity index (χ3n) is 2.24. The molecular formula is C12H21N3O2S. The zero-order valence-corrected chi connectivity index (χ0v) is 11.6. The molecule has 1 rings (SSSR count). The molecular weight excluding hydrogens is 250 g/mol. The molecule has 1 aromatic rings. The second kappa shape index (κ2) is 6.72. The minimum atomic E-state index is -3.50. The lowest BCUT2D eigenvalue weighted by Crippen LogP contribution is -2.35. The van der Waals surface area contributed by atoms with Crippen molar-refractivity contribution in [3.05, 3.63) is 29.8 Å². The Balaban J connectivity index is 2.72. The Labute approximate surface area is 109 Å². The van der Waals surface area contributed by atoms with Crippen LogP contribution in [0.25, 0.3) is 0 Å². The Morgan fingerprint density at radius 2 is 2.06 bits per heavy atom. The van der Waals surface area contributed by atoms with Gasteiger partial charge in [-0.15, -0.1) is 0 Å². The number of aryl methyl sites for hydroxylation is 1. The van der Waals surface area contributed by atoms with Gasteiger partial charge in [0, 0.05) is 6.04 Å². The van der Waals surface area contributed by atoms with Crippen molar-refractivity contribution in [3.63, 3.8) is 0 Å². The molecule has 0 aliphatic carbocycles. The summed E-state index contributed by atoms with van der Waals surface area (Å²) in [5.74, 6) is 0. The number of benzene rings is 1. The van der Waals surface area contributed by atoms with E-state index in [0.29, 0.717) is 12.2 Å². The van der Waals surface area contributed by atoms with E-state index in [-0.39, 0.29) is 6.04 Å².